The maximum Gasteiger partial charge on any atom is 0.0843 e. The number of aliphatic hydroxyl groups is 1. The van der Waals surface area contributed by atoms with E-state index in [2.05, 4.69) is 96.5 Å². The second-order valence-electron chi connectivity index (χ2n) is 9.49. The number of rotatable bonds is 8. The molecule has 0 unspecified atom stereocenters. The van der Waals surface area contributed by atoms with Crippen molar-refractivity contribution in [3.05, 3.63) is 83.9 Å². The second kappa shape index (κ2) is 10.1. The van der Waals surface area contributed by atoms with Crippen LogP contribution < -0.4 is 5.32 Å². The summed E-state index contributed by atoms with van der Waals surface area (Å²) in [5.74, 6) is 0. The molecule has 4 nitrogen and oxygen atoms in total. The molecule has 0 saturated carbocycles. The van der Waals surface area contributed by atoms with E-state index >= 15 is 0 Å². The Morgan fingerprint density at radius 3 is 2.38 bits per heavy atom. The molecule has 1 saturated heterocycles. The Kier molecular flexibility index (Phi) is 6.82. The molecule has 0 aliphatic carbocycles. The summed E-state index contributed by atoms with van der Waals surface area (Å²) >= 11 is 0. The molecule has 2 heterocycles. The van der Waals surface area contributed by atoms with Gasteiger partial charge in [-0.25, -0.2) is 0 Å². The number of hydrogen-bond donors (Lipinski definition) is 2. The SMILES string of the molecule is Cc1cc(C)c2c(c1)c(-c1ccccc1)c(-c1ccccc1)n2C[C@H](O)CNC[C@H]1CCCO1. The van der Waals surface area contributed by atoms with Gasteiger partial charge in [0.2, 0.25) is 0 Å². The molecule has 2 N–H and O–H groups in total. The number of aliphatic hydroxyl groups excluding tert-OH is 1. The highest BCUT2D eigenvalue weighted by molar-refractivity contribution is 6.06. The molecular weight excluding hydrogens is 420 g/mol. The molecule has 1 aliphatic heterocycles. The van der Waals surface area contributed by atoms with Gasteiger partial charge in [-0.05, 0) is 49.4 Å². The zero-order chi connectivity index (χ0) is 23.5. The molecule has 176 valence electrons. The summed E-state index contributed by atoms with van der Waals surface area (Å²) in [5.41, 5.74) is 8.42. The first kappa shape index (κ1) is 22.9. The molecule has 0 bridgehead atoms. The van der Waals surface area contributed by atoms with E-state index < -0.39 is 6.10 Å². The maximum absolute atomic E-state index is 11.1. The first-order valence-corrected chi connectivity index (χ1v) is 12.4. The molecule has 1 fully saturated rings. The summed E-state index contributed by atoms with van der Waals surface area (Å²) in [5, 5.41) is 15.8. The van der Waals surface area contributed by atoms with Crippen molar-refractivity contribution >= 4 is 10.9 Å². The first-order valence-electron chi connectivity index (χ1n) is 12.4. The number of nitrogens with zero attached hydrogens (tertiary/aromatic N) is 1. The highest BCUT2D eigenvalue weighted by Gasteiger charge is 2.23. The minimum Gasteiger partial charge on any atom is -0.390 e. The number of fused-ring (bicyclic) bond motifs is 1. The van der Waals surface area contributed by atoms with E-state index in [0.717, 1.165) is 37.3 Å². The number of nitrogens with one attached hydrogen (secondary N) is 1. The summed E-state index contributed by atoms with van der Waals surface area (Å²) in [6, 6.07) is 25.7. The molecule has 4 heteroatoms. The Hall–Kier alpha value is -2.92. The molecule has 2 atom stereocenters. The Labute approximate surface area is 202 Å². The summed E-state index contributed by atoms with van der Waals surface area (Å²) in [6.07, 6.45) is 1.99. The molecular formula is C30H34N2O2. The molecule has 5 rings (SSSR count). The summed E-state index contributed by atoms with van der Waals surface area (Å²) in [7, 11) is 0. The van der Waals surface area contributed by atoms with E-state index in [9.17, 15) is 5.11 Å². The minimum absolute atomic E-state index is 0.273. The smallest absolute Gasteiger partial charge is 0.0843 e. The van der Waals surface area contributed by atoms with Crippen LogP contribution in [0.4, 0.5) is 0 Å². The fourth-order valence-electron chi connectivity index (χ4n) is 5.35. The number of hydrogen-bond acceptors (Lipinski definition) is 3. The van der Waals surface area contributed by atoms with Crippen molar-refractivity contribution in [2.45, 2.75) is 45.4 Å². The maximum atomic E-state index is 11.1. The predicted octanol–water partition coefficient (Wildman–Crippen LogP) is 5.72. The van der Waals surface area contributed by atoms with Crippen LogP contribution in [0.15, 0.2) is 72.8 Å². The molecule has 0 radical (unpaired) electrons. The molecule has 1 aliphatic rings. The highest BCUT2D eigenvalue weighted by atomic mass is 16.5. The fourth-order valence-corrected chi connectivity index (χ4v) is 5.35. The van der Waals surface area contributed by atoms with Crippen LogP contribution in [-0.2, 0) is 11.3 Å². The van der Waals surface area contributed by atoms with Gasteiger partial charge in [-0.15, -0.1) is 0 Å². The van der Waals surface area contributed by atoms with Crippen molar-refractivity contribution in [3.8, 4) is 22.4 Å². The van der Waals surface area contributed by atoms with Crippen LogP contribution in [0.25, 0.3) is 33.3 Å². The number of aromatic nitrogens is 1. The number of ether oxygens (including phenoxy) is 1. The van der Waals surface area contributed by atoms with Gasteiger partial charge in [0.1, 0.15) is 0 Å². The van der Waals surface area contributed by atoms with E-state index in [1.165, 1.54) is 33.2 Å². The Morgan fingerprint density at radius 2 is 1.71 bits per heavy atom. The van der Waals surface area contributed by atoms with Gasteiger partial charge in [-0.2, -0.15) is 0 Å². The van der Waals surface area contributed by atoms with Gasteiger partial charge >= 0.3 is 0 Å². The van der Waals surface area contributed by atoms with Gasteiger partial charge in [-0.3, -0.25) is 0 Å². The van der Waals surface area contributed by atoms with Crippen molar-refractivity contribution in [3.63, 3.8) is 0 Å². The van der Waals surface area contributed by atoms with Crippen molar-refractivity contribution < 1.29 is 9.84 Å². The Morgan fingerprint density at radius 1 is 1.00 bits per heavy atom. The lowest BCUT2D eigenvalue weighted by atomic mass is 9.97. The quantitative estimate of drug-likeness (QED) is 0.358. The van der Waals surface area contributed by atoms with Crippen molar-refractivity contribution in [2.75, 3.05) is 19.7 Å². The fraction of sp³-hybridized carbons (Fsp3) is 0.333. The monoisotopic (exact) mass is 454 g/mol. The molecule has 0 spiro atoms. The van der Waals surface area contributed by atoms with E-state index in [1.807, 2.05) is 0 Å². The summed E-state index contributed by atoms with van der Waals surface area (Å²) in [4.78, 5) is 0. The second-order valence-corrected chi connectivity index (χ2v) is 9.49. The average molecular weight is 455 g/mol. The summed E-state index contributed by atoms with van der Waals surface area (Å²) in [6.45, 7) is 7.05. The molecule has 0 amide bonds. The zero-order valence-electron chi connectivity index (χ0n) is 20.1. The lowest BCUT2D eigenvalue weighted by Crippen LogP contribution is -2.35. The summed E-state index contributed by atoms with van der Waals surface area (Å²) < 4.78 is 8.05. The van der Waals surface area contributed by atoms with Gasteiger partial charge in [0, 0.05) is 30.6 Å². The van der Waals surface area contributed by atoms with Crippen LogP contribution in [0, 0.1) is 13.8 Å². The van der Waals surface area contributed by atoms with Gasteiger partial charge in [0.05, 0.1) is 30.0 Å². The van der Waals surface area contributed by atoms with Crippen LogP contribution in [-0.4, -0.2) is 41.6 Å². The average Bonchev–Trinajstić information content (AvgIpc) is 3.46. The normalized spacial score (nSPS) is 16.9. The molecule has 3 aromatic carbocycles. The minimum atomic E-state index is -0.510. The van der Waals surface area contributed by atoms with Gasteiger partial charge in [-0.1, -0.05) is 72.3 Å². The van der Waals surface area contributed by atoms with Crippen molar-refractivity contribution in [1.82, 2.24) is 9.88 Å². The number of benzene rings is 3. The lowest BCUT2D eigenvalue weighted by molar-refractivity contribution is 0.101. The lowest BCUT2D eigenvalue weighted by Gasteiger charge is -2.19. The molecule has 1 aromatic heterocycles. The van der Waals surface area contributed by atoms with E-state index in [0.29, 0.717) is 13.1 Å². The van der Waals surface area contributed by atoms with Crippen LogP contribution in [0.3, 0.4) is 0 Å². The Bertz CT molecular complexity index is 1240. The number of aryl methyl sites for hydroxylation is 2. The topological polar surface area (TPSA) is 46.4 Å². The van der Waals surface area contributed by atoms with Crippen LogP contribution in [0.5, 0.6) is 0 Å². The standard InChI is InChI=1S/C30H34N2O2/c1-21-16-22(2)29-27(17-21)28(23-10-5-3-6-11-23)30(24-12-7-4-8-13-24)32(29)20-25(33)18-31-19-26-14-9-15-34-26/h3-8,10-13,16-17,25-26,31,33H,9,14-15,18-20H2,1-2H3/t25-,26-/m1/s1. The van der Waals surface area contributed by atoms with Gasteiger partial charge in [0.15, 0.2) is 0 Å². The first-order chi connectivity index (χ1) is 16.6. The third kappa shape index (κ3) is 4.67. The van der Waals surface area contributed by atoms with E-state index in [1.54, 1.807) is 0 Å². The van der Waals surface area contributed by atoms with Crippen LogP contribution in [0.2, 0.25) is 0 Å². The molecule has 34 heavy (non-hydrogen) atoms. The third-order valence-corrected chi connectivity index (χ3v) is 6.77. The van der Waals surface area contributed by atoms with Gasteiger partial charge in [0.25, 0.3) is 0 Å². The zero-order valence-corrected chi connectivity index (χ0v) is 20.1. The van der Waals surface area contributed by atoms with Crippen LogP contribution >= 0.6 is 0 Å². The van der Waals surface area contributed by atoms with Crippen molar-refractivity contribution in [2.24, 2.45) is 0 Å². The highest BCUT2D eigenvalue weighted by Crippen LogP contribution is 2.42. The van der Waals surface area contributed by atoms with Crippen molar-refractivity contribution in [1.29, 1.82) is 0 Å². The van der Waals surface area contributed by atoms with Crippen LogP contribution in [0.1, 0.15) is 24.0 Å². The van der Waals surface area contributed by atoms with Gasteiger partial charge < -0.3 is 19.7 Å². The largest absolute Gasteiger partial charge is 0.390 e. The van der Waals surface area contributed by atoms with E-state index in [4.69, 9.17) is 4.74 Å². The third-order valence-electron chi connectivity index (χ3n) is 6.77. The molecule has 4 aromatic rings. The van der Waals surface area contributed by atoms with E-state index in [-0.39, 0.29) is 6.10 Å². The predicted molar refractivity (Wildman–Crippen MR) is 140 cm³/mol. The Balaban J connectivity index is 1.59.